The summed E-state index contributed by atoms with van der Waals surface area (Å²) in [5.74, 6) is 2.93. The average molecular weight is 537 g/mol. The minimum Gasteiger partial charge on any atom is -0.490 e. The molecule has 2 heterocycles. The number of pyridine rings is 1. The Labute approximate surface area is 199 Å². The van der Waals surface area contributed by atoms with E-state index in [0.29, 0.717) is 38.1 Å². The van der Waals surface area contributed by atoms with Gasteiger partial charge in [0, 0.05) is 25.9 Å². The van der Waals surface area contributed by atoms with Gasteiger partial charge in [-0.2, -0.15) is 5.10 Å². The number of nitrogens with zero attached hydrogens (tertiary/aromatic N) is 5. The Bertz CT molecular complexity index is 917. The van der Waals surface area contributed by atoms with E-state index < -0.39 is 0 Å². The lowest BCUT2D eigenvalue weighted by atomic mass is 10.3. The highest BCUT2D eigenvalue weighted by Gasteiger charge is 2.03. The smallest absolute Gasteiger partial charge is 0.213 e. The van der Waals surface area contributed by atoms with E-state index in [1.807, 2.05) is 56.4 Å². The van der Waals surface area contributed by atoms with Crippen molar-refractivity contribution in [1.29, 1.82) is 0 Å². The van der Waals surface area contributed by atoms with Gasteiger partial charge in [0.1, 0.15) is 31.1 Å². The van der Waals surface area contributed by atoms with E-state index in [4.69, 9.17) is 9.47 Å². The van der Waals surface area contributed by atoms with Crippen LogP contribution in [-0.2, 0) is 20.1 Å². The third kappa shape index (κ3) is 8.40. The normalized spacial score (nSPS) is 10.8. The van der Waals surface area contributed by atoms with Crippen molar-refractivity contribution < 1.29 is 9.47 Å². The van der Waals surface area contributed by atoms with Crippen LogP contribution in [0.25, 0.3) is 0 Å². The summed E-state index contributed by atoms with van der Waals surface area (Å²) in [6.07, 6.45) is 3.30. The largest absolute Gasteiger partial charge is 0.490 e. The number of aliphatic imine (C=N–C) groups is 1. The molecule has 0 bridgehead atoms. The lowest BCUT2D eigenvalue weighted by Gasteiger charge is -2.11. The molecule has 9 nitrogen and oxygen atoms in total. The topological polar surface area (TPSA) is 98.5 Å². The van der Waals surface area contributed by atoms with Gasteiger partial charge in [0.25, 0.3) is 0 Å². The highest BCUT2D eigenvalue weighted by molar-refractivity contribution is 14.0. The molecule has 0 aliphatic rings. The van der Waals surface area contributed by atoms with Crippen LogP contribution in [0.15, 0.2) is 60.0 Å². The number of hydrogen-bond donors (Lipinski definition) is 2. The highest BCUT2D eigenvalue weighted by Crippen LogP contribution is 2.10. The van der Waals surface area contributed by atoms with Crippen molar-refractivity contribution in [1.82, 2.24) is 30.4 Å². The predicted molar refractivity (Wildman–Crippen MR) is 130 cm³/mol. The summed E-state index contributed by atoms with van der Waals surface area (Å²) in [5.41, 5.74) is 0.985. The van der Waals surface area contributed by atoms with Crippen LogP contribution in [0.2, 0.25) is 0 Å². The van der Waals surface area contributed by atoms with E-state index in [0.717, 1.165) is 23.7 Å². The molecular formula is C21H28IN7O2. The summed E-state index contributed by atoms with van der Waals surface area (Å²) in [4.78, 5) is 13.1. The van der Waals surface area contributed by atoms with Crippen molar-refractivity contribution in [2.75, 3.05) is 19.8 Å². The molecule has 0 spiro atoms. The van der Waals surface area contributed by atoms with Crippen molar-refractivity contribution >= 4 is 29.9 Å². The molecule has 3 rings (SSSR count). The van der Waals surface area contributed by atoms with Crippen molar-refractivity contribution in [3.63, 3.8) is 0 Å². The number of nitrogens with one attached hydrogen (secondary N) is 2. The maximum atomic E-state index is 5.63. The Morgan fingerprint density at radius 1 is 1.03 bits per heavy atom. The molecule has 1 aromatic carbocycles. The molecule has 0 aliphatic carbocycles. The van der Waals surface area contributed by atoms with Gasteiger partial charge in [-0.15, -0.1) is 24.0 Å². The van der Waals surface area contributed by atoms with Crippen LogP contribution >= 0.6 is 24.0 Å². The van der Waals surface area contributed by atoms with E-state index in [2.05, 4.69) is 30.7 Å². The first-order valence-electron chi connectivity index (χ1n) is 9.85. The number of benzene rings is 1. The van der Waals surface area contributed by atoms with Gasteiger partial charge in [0.15, 0.2) is 5.96 Å². The number of guanidine groups is 1. The Morgan fingerprint density at radius 2 is 1.84 bits per heavy atom. The minimum atomic E-state index is 0. The van der Waals surface area contributed by atoms with Crippen LogP contribution in [0.4, 0.5) is 0 Å². The predicted octanol–water partition coefficient (Wildman–Crippen LogP) is 2.54. The average Bonchev–Trinajstić information content (AvgIpc) is 3.19. The molecule has 3 aromatic rings. The summed E-state index contributed by atoms with van der Waals surface area (Å²) < 4.78 is 13.0. The van der Waals surface area contributed by atoms with E-state index in [1.54, 1.807) is 10.9 Å². The minimum absolute atomic E-state index is 0. The summed E-state index contributed by atoms with van der Waals surface area (Å²) in [7, 11) is 1.86. The number of halogens is 1. The van der Waals surface area contributed by atoms with E-state index >= 15 is 0 Å². The Kier molecular flexibility index (Phi) is 10.6. The summed E-state index contributed by atoms with van der Waals surface area (Å²) >= 11 is 0. The van der Waals surface area contributed by atoms with E-state index in [1.165, 1.54) is 6.33 Å². The second-order valence-corrected chi connectivity index (χ2v) is 6.36. The molecule has 10 heteroatoms. The van der Waals surface area contributed by atoms with Crippen LogP contribution < -0.4 is 20.1 Å². The fraction of sp³-hybridized carbons (Fsp3) is 0.333. The fourth-order valence-corrected chi connectivity index (χ4v) is 2.57. The molecule has 0 unspecified atom stereocenters. The zero-order valence-electron chi connectivity index (χ0n) is 17.7. The van der Waals surface area contributed by atoms with Crippen LogP contribution in [0.1, 0.15) is 18.3 Å². The monoisotopic (exact) mass is 537 g/mol. The zero-order valence-corrected chi connectivity index (χ0v) is 20.0. The van der Waals surface area contributed by atoms with Crippen molar-refractivity contribution in [2.45, 2.75) is 20.0 Å². The van der Waals surface area contributed by atoms with Crippen molar-refractivity contribution in [3.05, 3.63) is 66.4 Å². The molecule has 0 saturated heterocycles. The lowest BCUT2D eigenvalue weighted by Crippen LogP contribution is -2.37. The van der Waals surface area contributed by atoms with Crippen LogP contribution in [0, 0.1) is 0 Å². The SMILES string of the molecule is CCNC(=NCc1ccc(OCCOc2ccccc2)nc1)NCc1ncnn1C.I. The summed E-state index contributed by atoms with van der Waals surface area (Å²) in [6, 6.07) is 13.4. The third-order valence-corrected chi connectivity index (χ3v) is 4.13. The van der Waals surface area contributed by atoms with Gasteiger partial charge in [-0.3, -0.25) is 4.68 Å². The quantitative estimate of drug-likeness (QED) is 0.178. The second kappa shape index (κ2) is 13.4. The Morgan fingerprint density at radius 3 is 2.52 bits per heavy atom. The molecule has 0 aliphatic heterocycles. The number of aryl methyl sites for hydroxylation is 1. The molecule has 31 heavy (non-hydrogen) atoms. The molecule has 0 radical (unpaired) electrons. The molecule has 2 aromatic heterocycles. The first kappa shape index (κ1) is 24.4. The van der Waals surface area contributed by atoms with E-state index in [9.17, 15) is 0 Å². The molecule has 0 saturated carbocycles. The highest BCUT2D eigenvalue weighted by atomic mass is 127. The lowest BCUT2D eigenvalue weighted by molar-refractivity contribution is 0.212. The standard InChI is InChI=1S/C21H27N7O2.HI/c1-3-22-21(25-15-19-26-16-27-28(19)2)24-14-17-9-10-20(23-13-17)30-12-11-29-18-7-5-4-6-8-18;/h4-10,13,16H,3,11-12,14-15H2,1-2H3,(H2,22,24,25);1H. The van der Waals surface area contributed by atoms with Gasteiger partial charge >= 0.3 is 0 Å². The van der Waals surface area contributed by atoms with Gasteiger partial charge in [-0.05, 0) is 24.6 Å². The molecule has 166 valence electrons. The Hall–Kier alpha value is -2.89. The van der Waals surface area contributed by atoms with Gasteiger partial charge < -0.3 is 20.1 Å². The number of hydrogen-bond acceptors (Lipinski definition) is 6. The molecule has 0 fully saturated rings. The number of rotatable bonds is 10. The van der Waals surface area contributed by atoms with Gasteiger partial charge in [-0.25, -0.2) is 15.0 Å². The molecule has 0 atom stereocenters. The summed E-state index contributed by atoms with van der Waals surface area (Å²) in [5, 5.41) is 10.5. The number of ether oxygens (including phenoxy) is 2. The van der Waals surface area contributed by atoms with Crippen molar-refractivity contribution in [2.24, 2.45) is 12.0 Å². The third-order valence-electron chi connectivity index (χ3n) is 4.13. The van der Waals surface area contributed by atoms with Gasteiger partial charge in [0.2, 0.25) is 5.88 Å². The Balaban J connectivity index is 0.00000341. The van der Waals surface area contributed by atoms with E-state index in [-0.39, 0.29) is 24.0 Å². The molecular weight excluding hydrogens is 509 g/mol. The van der Waals surface area contributed by atoms with Crippen LogP contribution in [0.5, 0.6) is 11.6 Å². The van der Waals surface area contributed by atoms with Crippen LogP contribution in [0.3, 0.4) is 0 Å². The number of aromatic nitrogens is 4. The zero-order chi connectivity index (χ0) is 21.0. The van der Waals surface area contributed by atoms with Gasteiger partial charge in [-0.1, -0.05) is 24.3 Å². The van der Waals surface area contributed by atoms with Gasteiger partial charge in [0.05, 0.1) is 13.1 Å². The first-order chi connectivity index (χ1) is 14.7. The fourth-order valence-electron chi connectivity index (χ4n) is 2.57. The van der Waals surface area contributed by atoms with Crippen molar-refractivity contribution in [3.8, 4) is 11.6 Å². The summed E-state index contributed by atoms with van der Waals surface area (Å²) in [6.45, 7) is 4.71. The van der Waals surface area contributed by atoms with Crippen LogP contribution in [-0.4, -0.2) is 45.5 Å². The maximum Gasteiger partial charge on any atom is 0.213 e. The maximum absolute atomic E-state index is 5.63. The first-order valence-corrected chi connectivity index (χ1v) is 9.85. The molecule has 0 amide bonds. The molecule has 2 N–H and O–H groups in total. The second-order valence-electron chi connectivity index (χ2n) is 6.36. The number of para-hydroxylation sites is 1.